The summed E-state index contributed by atoms with van der Waals surface area (Å²) in [5.74, 6) is 0.157. The maximum Gasteiger partial charge on any atom is 0.224 e. The molecule has 2 fully saturated rings. The van der Waals surface area contributed by atoms with Crippen LogP contribution in [0.2, 0.25) is 0 Å². The number of nitrogens with zero attached hydrogens (tertiary/aromatic N) is 2. The highest BCUT2D eigenvalue weighted by Gasteiger charge is 2.36. The Bertz CT molecular complexity index is 592. The molecular formula is C20H29N3O2. The second kappa shape index (κ2) is 8.00. The van der Waals surface area contributed by atoms with E-state index in [-0.39, 0.29) is 11.8 Å². The van der Waals surface area contributed by atoms with E-state index in [0.29, 0.717) is 37.6 Å². The summed E-state index contributed by atoms with van der Waals surface area (Å²) in [6.45, 7) is 2.61. The van der Waals surface area contributed by atoms with Crippen LogP contribution in [0.5, 0.6) is 0 Å². The predicted molar refractivity (Wildman–Crippen MR) is 97.9 cm³/mol. The number of rotatable bonds is 6. The van der Waals surface area contributed by atoms with E-state index in [0.717, 1.165) is 18.4 Å². The predicted octanol–water partition coefficient (Wildman–Crippen LogP) is 2.17. The van der Waals surface area contributed by atoms with Gasteiger partial charge in [0.25, 0.3) is 0 Å². The Kier molecular flexibility index (Phi) is 5.74. The van der Waals surface area contributed by atoms with E-state index >= 15 is 0 Å². The van der Waals surface area contributed by atoms with Crippen molar-refractivity contribution in [2.45, 2.75) is 63.7 Å². The van der Waals surface area contributed by atoms with Gasteiger partial charge in [-0.1, -0.05) is 30.3 Å². The molecular weight excluding hydrogens is 314 g/mol. The van der Waals surface area contributed by atoms with Gasteiger partial charge in [0.2, 0.25) is 11.8 Å². The van der Waals surface area contributed by atoms with Crippen molar-refractivity contribution in [3.8, 4) is 0 Å². The molecule has 1 aromatic carbocycles. The van der Waals surface area contributed by atoms with Crippen molar-refractivity contribution in [2.24, 2.45) is 0 Å². The van der Waals surface area contributed by atoms with Gasteiger partial charge < -0.3 is 15.1 Å². The van der Waals surface area contributed by atoms with Crippen molar-refractivity contribution < 1.29 is 9.59 Å². The smallest absolute Gasteiger partial charge is 0.224 e. The first kappa shape index (κ1) is 17.9. The van der Waals surface area contributed by atoms with Crippen LogP contribution in [0.1, 0.15) is 44.6 Å². The topological polar surface area (TPSA) is 52.7 Å². The number of nitrogens with one attached hydrogen (secondary N) is 1. The minimum Gasteiger partial charge on any atom is -0.343 e. The maximum absolute atomic E-state index is 12.6. The first-order valence-corrected chi connectivity index (χ1v) is 9.34. The highest BCUT2D eigenvalue weighted by atomic mass is 16.2. The zero-order chi connectivity index (χ0) is 17.8. The van der Waals surface area contributed by atoms with Gasteiger partial charge in [-0.05, 0) is 31.2 Å². The Morgan fingerprint density at radius 3 is 2.36 bits per heavy atom. The standard InChI is InChI=1S/C20H29N3O2/c1-15(24)23(14-16-6-4-3-5-7-16)11-10-20(25)22(2)19-12-17-8-9-18(13-19)21-17/h3-7,17-19,21H,8-14H2,1-2H3. The van der Waals surface area contributed by atoms with Gasteiger partial charge in [0.05, 0.1) is 0 Å². The molecule has 2 aliphatic heterocycles. The number of hydrogen-bond acceptors (Lipinski definition) is 3. The van der Waals surface area contributed by atoms with E-state index in [2.05, 4.69) is 5.32 Å². The fourth-order valence-electron chi connectivity index (χ4n) is 4.11. The number of carbonyl (C=O) groups is 2. The molecule has 136 valence electrons. The minimum atomic E-state index is 0.0132. The lowest BCUT2D eigenvalue weighted by Crippen LogP contribution is -2.49. The lowest BCUT2D eigenvalue weighted by molar-refractivity contribution is -0.134. The molecule has 2 bridgehead atoms. The summed E-state index contributed by atoms with van der Waals surface area (Å²) in [5, 5.41) is 3.62. The van der Waals surface area contributed by atoms with Crippen LogP contribution in [-0.4, -0.2) is 53.3 Å². The molecule has 2 amide bonds. The molecule has 0 aromatic heterocycles. The number of benzene rings is 1. The van der Waals surface area contributed by atoms with Crippen LogP contribution in [0.4, 0.5) is 0 Å². The Labute approximate surface area is 150 Å². The van der Waals surface area contributed by atoms with Crippen LogP contribution in [0.15, 0.2) is 30.3 Å². The quantitative estimate of drug-likeness (QED) is 0.861. The molecule has 2 saturated heterocycles. The van der Waals surface area contributed by atoms with Gasteiger partial charge in [0.1, 0.15) is 0 Å². The Morgan fingerprint density at radius 1 is 1.12 bits per heavy atom. The van der Waals surface area contributed by atoms with Crippen molar-refractivity contribution in [1.29, 1.82) is 0 Å². The molecule has 3 rings (SSSR count). The van der Waals surface area contributed by atoms with Gasteiger partial charge in [0, 0.05) is 51.6 Å². The van der Waals surface area contributed by atoms with E-state index < -0.39 is 0 Å². The summed E-state index contributed by atoms with van der Waals surface area (Å²) in [4.78, 5) is 28.2. The van der Waals surface area contributed by atoms with Gasteiger partial charge in [0.15, 0.2) is 0 Å². The van der Waals surface area contributed by atoms with Crippen LogP contribution >= 0.6 is 0 Å². The summed E-state index contributed by atoms with van der Waals surface area (Å²) in [5.41, 5.74) is 1.09. The Morgan fingerprint density at radius 2 is 1.76 bits per heavy atom. The molecule has 1 N–H and O–H groups in total. The lowest BCUT2D eigenvalue weighted by atomic mass is 9.98. The van der Waals surface area contributed by atoms with Crippen LogP contribution in [-0.2, 0) is 16.1 Å². The highest BCUT2D eigenvalue weighted by Crippen LogP contribution is 2.29. The van der Waals surface area contributed by atoms with Gasteiger partial charge in [-0.3, -0.25) is 9.59 Å². The summed E-state index contributed by atoms with van der Waals surface area (Å²) in [6.07, 6.45) is 4.97. The zero-order valence-electron chi connectivity index (χ0n) is 15.3. The fraction of sp³-hybridized carbons (Fsp3) is 0.600. The van der Waals surface area contributed by atoms with Crippen molar-refractivity contribution in [3.05, 3.63) is 35.9 Å². The van der Waals surface area contributed by atoms with Gasteiger partial charge >= 0.3 is 0 Å². The fourth-order valence-corrected chi connectivity index (χ4v) is 4.11. The molecule has 0 radical (unpaired) electrons. The molecule has 25 heavy (non-hydrogen) atoms. The maximum atomic E-state index is 12.6. The average Bonchev–Trinajstić information content (AvgIpc) is 2.96. The Hall–Kier alpha value is -1.88. The summed E-state index contributed by atoms with van der Waals surface area (Å²) < 4.78 is 0. The van der Waals surface area contributed by atoms with E-state index in [1.165, 1.54) is 12.8 Å². The number of carbonyl (C=O) groups excluding carboxylic acids is 2. The molecule has 0 aliphatic carbocycles. The largest absolute Gasteiger partial charge is 0.343 e. The molecule has 2 atom stereocenters. The Balaban J connectivity index is 1.51. The SMILES string of the molecule is CC(=O)N(CCC(=O)N(C)C1CC2CCC(C1)N2)Cc1ccccc1. The minimum absolute atomic E-state index is 0.0132. The van der Waals surface area contributed by atoms with Crippen molar-refractivity contribution in [1.82, 2.24) is 15.1 Å². The van der Waals surface area contributed by atoms with Gasteiger partial charge in [-0.25, -0.2) is 0 Å². The third-order valence-corrected chi connectivity index (χ3v) is 5.65. The van der Waals surface area contributed by atoms with Crippen LogP contribution < -0.4 is 5.32 Å². The molecule has 2 heterocycles. The third kappa shape index (κ3) is 4.60. The molecule has 1 aromatic rings. The molecule has 0 saturated carbocycles. The first-order valence-electron chi connectivity index (χ1n) is 9.34. The molecule has 5 nitrogen and oxygen atoms in total. The number of fused-ring (bicyclic) bond motifs is 2. The van der Waals surface area contributed by atoms with Gasteiger partial charge in [-0.15, -0.1) is 0 Å². The number of piperidine rings is 1. The molecule has 2 aliphatic rings. The number of amides is 2. The normalized spacial score (nSPS) is 24.8. The zero-order valence-corrected chi connectivity index (χ0v) is 15.3. The van der Waals surface area contributed by atoms with E-state index in [9.17, 15) is 9.59 Å². The van der Waals surface area contributed by atoms with Crippen molar-refractivity contribution in [3.63, 3.8) is 0 Å². The van der Waals surface area contributed by atoms with Gasteiger partial charge in [-0.2, -0.15) is 0 Å². The lowest BCUT2D eigenvalue weighted by Gasteiger charge is -2.36. The van der Waals surface area contributed by atoms with E-state index in [1.807, 2.05) is 42.3 Å². The molecule has 5 heteroatoms. The van der Waals surface area contributed by atoms with E-state index in [4.69, 9.17) is 0 Å². The number of hydrogen-bond donors (Lipinski definition) is 1. The summed E-state index contributed by atoms with van der Waals surface area (Å²) in [6, 6.07) is 11.4. The second-order valence-electron chi connectivity index (χ2n) is 7.44. The summed E-state index contributed by atoms with van der Waals surface area (Å²) in [7, 11) is 1.92. The second-order valence-corrected chi connectivity index (χ2v) is 7.44. The van der Waals surface area contributed by atoms with Crippen molar-refractivity contribution in [2.75, 3.05) is 13.6 Å². The molecule has 0 spiro atoms. The summed E-state index contributed by atoms with van der Waals surface area (Å²) >= 11 is 0. The van der Waals surface area contributed by atoms with Crippen LogP contribution in [0, 0.1) is 0 Å². The molecule has 2 unspecified atom stereocenters. The van der Waals surface area contributed by atoms with E-state index in [1.54, 1.807) is 11.8 Å². The average molecular weight is 343 g/mol. The van der Waals surface area contributed by atoms with Crippen LogP contribution in [0.3, 0.4) is 0 Å². The third-order valence-electron chi connectivity index (χ3n) is 5.65. The van der Waals surface area contributed by atoms with Crippen molar-refractivity contribution >= 4 is 11.8 Å². The highest BCUT2D eigenvalue weighted by molar-refractivity contribution is 5.78. The van der Waals surface area contributed by atoms with Crippen LogP contribution in [0.25, 0.3) is 0 Å². The first-order chi connectivity index (χ1) is 12.0. The monoisotopic (exact) mass is 343 g/mol.